The molecule has 0 saturated carbocycles. The number of nitrogens with one attached hydrogen (secondary N) is 3. The Bertz CT molecular complexity index is 1070. The van der Waals surface area contributed by atoms with Gasteiger partial charge in [-0.25, -0.2) is 0 Å². The number of nitrogens with zero attached hydrogens (tertiary/aromatic N) is 2. The molecule has 9 heteroatoms. The van der Waals surface area contributed by atoms with Crippen LogP contribution < -0.4 is 21.1 Å². The molecular formula is C21H24ClN5O3. The predicted octanol–water partition coefficient (Wildman–Crippen LogP) is 3.18. The predicted molar refractivity (Wildman–Crippen MR) is 116 cm³/mol. The van der Waals surface area contributed by atoms with Crippen molar-refractivity contribution in [1.29, 1.82) is 0 Å². The second kappa shape index (κ2) is 8.10. The topological polar surface area (TPSA) is 107 Å². The molecule has 3 heterocycles. The van der Waals surface area contributed by atoms with E-state index in [1.807, 2.05) is 11.8 Å². The molecule has 1 aromatic heterocycles. The Hall–Kier alpha value is -2.87. The Kier molecular flexibility index (Phi) is 5.51. The van der Waals surface area contributed by atoms with Gasteiger partial charge in [0.1, 0.15) is 5.82 Å². The summed E-state index contributed by atoms with van der Waals surface area (Å²) in [4.78, 5) is 47.5. The van der Waals surface area contributed by atoms with Crippen molar-refractivity contribution in [1.82, 2.24) is 9.97 Å². The van der Waals surface area contributed by atoms with Gasteiger partial charge in [-0.05, 0) is 50.8 Å². The molecule has 0 aliphatic carbocycles. The van der Waals surface area contributed by atoms with Crippen molar-refractivity contribution in [2.24, 2.45) is 0 Å². The fourth-order valence-corrected chi connectivity index (χ4v) is 4.21. The number of aromatic nitrogens is 2. The summed E-state index contributed by atoms with van der Waals surface area (Å²) in [5, 5.41) is 5.94. The van der Waals surface area contributed by atoms with Crippen molar-refractivity contribution >= 4 is 40.9 Å². The van der Waals surface area contributed by atoms with Crippen LogP contribution in [-0.2, 0) is 9.59 Å². The summed E-state index contributed by atoms with van der Waals surface area (Å²) in [7, 11) is 0. The molecule has 8 nitrogen and oxygen atoms in total. The molecule has 0 bridgehead atoms. The molecule has 0 radical (unpaired) electrons. The van der Waals surface area contributed by atoms with Gasteiger partial charge < -0.3 is 15.5 Å². The van der Waals surface area contributed by atoms with Crippen LogP contribution in [-0.4, -0.2) is 34.4 Å². The molecule has 2 aliphatic rings. The number of hydrogen-bond donors (Lipinski definition) is 3. The van der Waals surface area contributed by atoms with Gasteiger partial charge in [-0.1, -0.05) is 17.7 Å². The number of anilines is 3. The highest BCUT2D eigenvalue weighted by molar-refractivity contribution is 6.31. The monoisotopic (exact) mass is 429 g/mol. The van der Waals surface area contributed by atoms with E-state index in [9.17, 15) is 14.4 Å². The van der Waals surface area contributed by atoms with E-state index in [1.165, 1.54) is 0 Å². The van der Waals surface area contributed by atoms with E-state index in [1.54, 1.807) is 18.2 Å². The van der Waals surface area contributed by atoms with E-state index in [0.717, 1.165) is 31.4 Å². The van der Waals surface area contributed by atoms with E-state index in [-0.39, 0.29) is 29.8 Å². The number of aromatic amines is 1. The van der Waals surface area contributed by atoms with Gasteiger partial charge in [-0.2, -0.15) is 4.98 Å². The summed E-state index contributed by atoms with van der Waals surface area (Å²) in [6, 6.07) is 5.40. The molecule has 2 atom stereocenters. The average Bonchev–Trinajstić information content (AvgIpc) is 2.70. The van der Waals surface area contributed by atoms with Gasteiger partial charge in [0, 0.05) is 29.7 Å². The minimum atomic E-state index is -0.932. The average molecular weight is 430 g/mol. The molecule has 2 aromatic rings. The zero-order valence-electron chi connectivity index (χ0n) is 16.9. The maximum absolute atomic E-state index is 12.9. The van der Waals surface area contributed by atoms with Gasteiger partial charge in [-0.3, -0.25) is 19.4 Å². The molecule has 3 N–H and O–H groups in total. The first-order chi connectivity index (χ1) is 14.3. The van der Waals surface area contributed by atoms with E-state index < -0.39 is 17.4 Å². The molecule has 0 spiro atoms. The third kappa shape index (κ3) is 3.92. The molecular weight excluding hydrogens is 406 g/mol. The number of hydrogen-bond acceptors (Lipinski definition) is 5. The number of fused-ring (bicyclic) bond motifs is 1. The van der Waals surface area contributed by atoms with Gasteiger partial charge in [0.25, 0.3) is 5.56 Å². The summed E-state index contributed by atoms with van der Waals surface area (Å²) in [5.74, 6) is -1.14. The van der Waals surface area contributed by atoms with Gasteiger partial charge in [-0.15, -0.1) is 0 Å². The van der Waals surface area contributed by atoms with E-state index in [4.69, 9.17) is 11.6 Å². The van der Waals surface area contributed by atoms with Crippen LogP contribution in [0.5, 0.6) is 0 Å². The molecule has 4 rings (SSSR count). The SMILES string of the molecule is Cc1ccc(NC(=O)[C@H]2CC(=O)Nc3nc(N4CCCC[C@@H]4C)[nH]c(=O)c32)cc1Cl. The Morgan fingerprint density at radius 3 is 2.83 bits per heavy atom. The molecule has 2 aliphatic heterocycles. The molecule has 1 fully saturated rings. The zero-order valence-corrected chi connectivity index (χ0v) is 17.7. The number of amides is 2. The van der Waals surface area contributed by atoms with Crippen molar-refractivity contribution in [2.75, 3.05) is 22.1 Å². The number of aryl methyl sites for hydroxylation is 1. The Balaban J connectivity index is 1.65. The van der Waals surface area contributed by atoms with Crippen molar-refractivity contribution in [3.63, 3.8) is 0 Å². The minimum absolute atomic E-state index is 0.122. The normalized spacial score (nSPS) is 21.0. The van der Waals surface area contributed by atoms with E-state index in [2.05, 4.69) is 27.5 Å². The van der Waals surface area contributed by atoms with Crippen molar-refractivity contribution in [3.8, 4) is 0 Å². The highest BCUT2D eigenvalue weighted by Crippen LogP contribution is 2.31. The van der Waals surface area contributed by atoms with Crippen molar-refractivity contribution in [3.05, 3.63) is 44.7 Å². The summed E-state index contributed by atoms with van der Waals surface area (Å²) < 4.78 is 0. The highest BCUT2D eigenvalue weighted by Gasteiger charge is 2.35. The Labute approximate surface area is 179 Å². The lowest BCUT2D eigenvalue weighted by atomic mass is 9.92. The number of piperidine rings is 1. The van der Waals surface area contributed by atoms with Crippen LogP contribution in [0.4, 0.5) is 17.5 Å². The second-order valence-electron chi connectivity index (χ2n) is 7.95. The largest absolute Gasteiger partial charge is 0.340 e. The molecule has 158 valence electrons. The van der Waals surface area contributed by atoms with Crippen LogP contribution in [0, 0.1) is 6.92 Å². The first-order valence-electron chi connectivity index (χ1n) is 10.1. The Morgan fingerprint density at radius 1 is 1.30 bits per heavy atom. The minimum Gasteiger partial charge on any atom is -0.340 e. The lowest BCUT2D eigenvalue weighted by Gasteiger charge is -2.34. The Morgan fingerprint density at radius 2 is 2.10 bits per heavy atom. The quantitative estimate of drug-likeness (QED) is 0.694. The molecule has 30 heavy (non-hydrogen) atoms. The number of H-pyrrole nitrogens is 1. The van der Waals surface area contributed by atoms with Crippen LogP contribution in [0.2, 0.25) is 5.02 Å². The number of carbonyl (C=O) groups excluding carboxylic acids is 2. The van der Waals surface area contributed by atoms with Crippen molar-refractivity contribution in [2.45, 2.75) is 51.5 Å². The second-order valence-corrected chi connectivity index (χ2v) is 8.36. The lowest BCUT2D eigenvalue weighted by Crippen LogP contribution is -2.41. The number of halogens is 1. The van der Waals surface area contributed by atoms with Crippen LogP contribution in [0.25, 0.3) is 0 Å². The standard InChI is InChI=1S/C21H24ClN5O3/c1-11-6-7-13(9-15(11)22)23-19(29)14-10-16(28)24-18-17(14)20(30)26-21(25-18)27-8-4-3-5-12(27)2/h6-7,9,12,14H,3-5,8,10H2,1-2H3,(H,23,29)(H2,24,25,26,28,30)/t12-,14-/m0/s1. The van der Waals surface area contributed by atoms with Gasteiger partial charge in [0.15, 0.2) is 0 Å². The zero-order chi connectivity index (χ0) is 21.4. The van der Waals surface area contributed by atoms with Crippen LogP contribution in [0.15, 0.2) is 23.0 Å². The first-order valence-corrected chi connectivity index (χ1v) is 10.5. The van der Waals surface area contributed by atoms with E-state index >= 15 is 0 Å². The smallest absolute Gasteiger partial charge is 0.258 e. The maximum Gasteiger partial charge on any atom is 0.258 e. The van der Waals surface area contributed by atoms with Gasteiger partial charge in [0.05, 0.1) is 11.5 Å². The summed E-state index contributed by atoms with van der Waals surface area (Å²) in [6.45, 7) is 4.73. The summed E-state index contributed by atoms with van der Waals surface area (Å²) in [5.41, 5.74) is 1.16. The van der Waals surface area contributed by atoms with Crippen LogP contribution >= 0.6 is 11.6 Å². The number of benzene rings is 1. The maximum atomic E-state index is 12.9. The van der Waals surface area contributed by atoms with Gasteiger partial charge >= 0.3 is 0 Å². The number of rotatable bonds is 3. The molecule has 0 unspecified atom stereocenters. The molecule has 2 amide bonds. The van der Waals surface area contributed by atoms with Gasteiger partial charge in [0.2, 0.25) is 17.8 Å². The third-order valence-corrected chi connectivity index (χ3v) is 6.18. The number of carbonyl (C=O) groups is 2. The fourth-order valence-electron chi connectivity index (χ4n) is 4.03. The van der Waals surface area contributed by atoms with Crippen LogP contribution in [0.1, 0.15) is 49.7 Å². The first kappa shape index (κ1) is 20.4. The molecule has 1 saturated heterocycles. The summed E-state index contributed by atoms with van der Waals surface area (Å²) in [6.07, 6.45) is 3.04. The van der Waals surface area contributed by atoms with Crippen LogP contribution in [0.3, 0.4) is 0 Å². The lowest BCUT2D eigenvalue weighted by molar-refractivity contribution is -0.123. The molecule has 1 aromatic carbocycles. The van der Waals surface area contributed by atoms with E-state index in [0.29, 0.717) is 16.7 Å². The summed E-state index contributed by atoms with van der Waals surface area (Å²) >= 11 is 6.13. The van der Waals surface area contributed by atoms with Crippen molar-refractivity contribution < 1.29 is 9.59 Å². The third-order valence-electron chi connectivity index (χ3n) is 5.77. The fraction of sp³-hybridized carbons (Fsp3) is 0.429. The highest BCUT2D eigenvalue weighted by atomic mass is 35.5.